The Labute approximate surface area is 52.3 Å². The maximum Gasteiger partial charge on any atom is 0.409 e. The highest BCUT2D eigenvalue weighted by Gasteiger charge is 1.83. The highest BCUT2D eigenvalue weighted by Crippen LogP contribution is 1.84. The van der Waals surface area contributed by atoms with E-state index in [1.165, 1.54) is 6.08 Å². The van der Waals surface area contributed by atoms with Crippen molar-refractivity contribution in [1.29, 1.82) is 0 Å². The largest absolute Gasteiger partial charge is 0.419 e. The van der Waals surface area contributed by atoms with Crippen LogP contribution in [-0.4, -0.2) is 12.8 Å². The maximum absolute atomic E-state index is 11.3. The average molecular weight is 133 g/mol. The summed E-state index contributed by atoms with van der Waals surface area (Å²) in [6.07, 6.45) is 1.81. The molecule has 0 rings (SSSR count). The third-order valence-corrected chi connectivity index (χ3v) is 0.556. The van der Waals surface area contributed by atoms with Crippen molar-refractivity contribution in [2.45, 2.75) is 6.42 Å². The molecular weight excluding hydrogens is 125 g/mol. The van der Waals surface area contributed by atoms with E-state index in [1.54, 1.807) is 0 Å². The van der Waals surface area contributed by atoms with Gasteiger partial charge in [0.25, 0.3) is 0 Å². The minimum absolute atomic E-state index is 0.243. The van der Waals surface area contributed by atoms with E-state index in [9.17, 15) is 9.18 Å². The van der Waals surface area contributed by atoms with E-state index in [0.29, 0.717) is 0 Å². The number of primary amides is 1. The molecule has 0 saturated heterocycles. The minimum Gasteiger partial charge on any atom is -0.419 e. The van der Waals surface area contributed by atoms with Crippen molar-refractivity contribution in [1.82, 2.24) is 0 Å². The van der Waals surface area contributed by atoms with Gasteiger partial charge in [0.05, 0.1) is 12.9 Å². The van der Waals surface area contributed by atoms with Crippen LogP contribution in [0.2, 0.25) is 0 Å². The number of carbonyl (C=O) groups is 1. The molecule has 2 N–H and O–H groups in total. The van der Waals surface area contributed by atoms with Crippen molar-refractivity contribution in [3.63, 3.8) is 0 Å². The van der Waals surface area contributed by atoms with Crippen LogP contribution in [0.3, 0.4) is 0 Å². The Morgan fingerprint density at radius 1 is 1.78 bits per heavy atom. The van der Waals surface area contributed by atoms with Gasteiger partial charge in [0.15, 0.2) is 0 Å². The Morgan fingerprint density at radius 3 is 2.89 bits per heavy atom. The standard InChI is InChI=1S/C5H8FNO2/c6-3-1-2-4-9-5(7)8/h2,4H,1,3H2,(H2,7,8). The van der Waals surface area contributed by atoms with Crippen LogP contribution in [0.4, 0.5) is 9.18 Å². The molecule has 0 aliphatic heterocycles. The highest BCUT2D eigenvalue weighted by molar-refractivity contribution is 5.65. The molecule has 0 saturated carbocycles. The van der Waals surface area contributed by atoms with E-state index < -0.39 is 12.8 Å². The molecule has 0 fully saturated rings. The molecule has 3 nitrogen and oxygen atoms in total. The Balaban J connectivity index is 3.14. The summed E-state index contributed by atoms with van der Waals surface area (Å²) in [5, 5.41) is 0. The van der Waals surface area contributed by atoms with Crippen LogP contribution in [0.1, 0.15) is 6.42 Å². The lowest BCUT2D eigenvalue weighted by atomic mass is 10.5. The zero-order chi connectivity index (χ0) is 7.11. The van der Waals surface area contributed by atoms with Gasteiger partial charge < -0.3 is 10.5 Å². The summed E-state index contributed by atoms with van der Waals surface area (Å²) < 4.78 is 15.4. The minimum atomic E-state index is -0.884. The first-order valence-corrected chi connectivity index (χ1v) is 2.44. The first-order valence-electron chi connectivity index (χ1n) is 2.44. The molecule has 9 heavy (non-hydrogen) atoms. The fraction of sp³-hybridized carbons (Fsp3) is 0.400. The van der Waals surface area contributed by atoms with Gasteiger partial charge in [-0.1, -0.05) is 0 Å². The van der Waals surface area contributed by atoms with Crippen molar-refractivity contribution in [3.8, 4) is 0 Å². The number of carbonyl (C=O) groups excluding carboxylic acids is 1. The van der Waals surface area contributed by atoms with Crippen molar-refractivity contribution in [3.05, 3.63) is 12.3 Å². The van der Waals surface area contributed by atoms with Gasteiger partial charge in [-0.25, -0.2) is 4.79 Å². The average Bonchev–Trinajstić information content (AvgIpc) is 1.80. The predicted molar refractivity (Wildman–Crippen MR) is 30.4 cm³/mol. The second-order valence-corrected chi connectivity index (χ2v) is 1.29. The highest BCUT2D eigenvalue weighted by atomic mass is 19.1. The zero-order valence-corrected chi connectivity index (χ0v) is 4.84. The van der Waals surface area contributed by atoms with Crippen LogP contribution in [0.15, 0.2) is 12.3 Å². The van der Waals surface area contributed by atoms with Gasteiger partial charge in [-0.3, -0.25) is 4.39 Å². The van der Waals surface area contributed by atoms with Gasteiger partial charge in [0.2, 0.25) is 0 Å². The number of amides is 1. The van der Waals surface area contributed by atoms with Gasteiger partial charge in [0.1, 0.15) is 0 Å². The summed E-state index contributed by atoms with van der Waals surface area (Å²) in [4.78, 5) is 9.82. The summed E-state index contributed by atoms with van der Waals surface area (Å²) >= 11 is 0. The van der Waals surface area contributed by atoms with Crippen LogP contribution in [0, 0.1) is 0 Å². The number of ether oxygens (including phenoxy) is 1. The molecule has 52 valence electrons. The number of hydrogen-bond donors (Lipinski definition) is 1. The van der Waals surface area contributed by atoms with E-state index in [-0.39, 0.29) is 6.42 Å². The quantitative estimate of drug-likeness (QED) is 0.583. The van der Waals surface area contributed by atoms with Gasteiger partial charge in [-0.2, -0.15) is 0 Å². The van der Waals surface area contributed by atoms with Crippen LogP contribution in [0.25, 0.3) is 0 Å². The summed E-state index contributed by atoms with van der Waals surface area (Å²) in [7, 11) is 0. The van der Waals surface area contributed by atoms with Crippen molar-refractivity contribution in [2.75, 3.05) is 6.67 Å². The third-order valence-electron chi connectivity index (χ3n) is 0.556. The normalized spacial score (nSPS) is 9.89. The molecule has 0 aliphatic rings. The van der Waals surface area contributed by atoms with Crippen LogP contribution in [0.5, 0.6) is 0 Å². The van der Waals surface area contributed by atoms with E-state index in [4.69, 9.17) is 0 Å². The molecule has 0 unspecified atom stereocenters. The SMILES string of the molecule is NC(=O)OC=CCCF. The first-order chi connectivity index (χ1) is 4.27. The molecule has 0 aromatic carbocycles. The number of nitrogens with two attached hydrogens (primary N) is 1. The molecule has 0 aromatic rings. The molecular formula is C5H8FNO2. The molecule has 0 bridgehead atoms. The fourth-order valence-corrected chi connectivity index (χ4v) is 0.246. The monoisotopic (exact) mass is 133 g/mol. The summed E-state index contributed by atoms with van der Waals surface area (Å²) in [5.74, 6) is 0. The van der Waals surface area contributed by atoms with Crippen LogP contribution < -0.4 is 5.73 Å². The molecule has 0 radical (unpaired) electrons. The molecule has 0 aliphatic carbocycles. The lowest BCUT2D eigenvalue weighted by Gasteiger charge is -1.87. The fourth-order valence-electron chi connectivity index (χ4n) is 0.246. The van der Waals surface area contributed by atoms with E-state index in [2.05, 4.69) is 10.5 Å². The first kappa shape index (κ1) is 7.94. The van der Waals surface area contributed by atoms with E-state index in [1.807, 2.05) is 0 Å². The smallest absolute Gasteiger partial charge is 0.409 e. The van der Waals surface area contributed by atoms with Gasteiger partial charge >= 0.3 is 6.09 Å². The lowest BCUT2D eigenvalue weighted by molar-refractivity contribution is 0.196. The van der Waals surface area contributed by atoms with Crippen molar-refractivity contribution < 1.29 is 13.9 Å². The van der Waals surface area contributed by atoms with Gasteiger partial charge in [0, 0.05) is 0 Å². The number of rotatable bonds is 3. The Kier molecular flexibility index (Phi) is 4.49. The topological polar surface area (TPSA) is 52.3 Å². The number of alkyl halides is 1. The molecule has 0 heterocycles. The van der Waals surface area contributed by atoms with Gasteiger partial charge in [-0.05, 0) is 12.5 Å². The van der Waals surface area contributed by atoms with Crippen LogP contribution >= 0.6 is 0 Å². The molecule has 4 heteroatoms. The Bertz CT molecular complexity index is 114. The van der Waals surface area contributed by atoms with Gasteiger partial charge in [-0.15, -0.1) is 0 Å². The second kappa shape index (κ2) is 5.08. The Morgan fingerprint density at radius 2 is 2.44 bits per heavy atom. The number of halogens is 1. The molecule has 0 spiro atoms. The van der Waals surface area contributed by atoms with Crippen molar-refractivity contribution >= 4 is 6.09 Å². The Hall–Kier alpha value is -1.06. The maximum atomic E-state index is 11.3. The van der Waals surface area contributed by atoms with Crippen molar-refractivity contribution in [2.24, 2.45) is 5.73 Å². The van der Waals surface area contributed by atoms with Crippen LogP contribution in [-0.2, 0) is 4.74 Å². The zero-order valence-electron chi connectivity index (χ0n) is 4.84. The molecule has 0 aromatic heterocycles. The predicted octanol–water partition coefficient (Wildman–Crippen LogP) is 0.955. The second-order valence-electron chi connectivity index (χ2n) is 1.29. The van der Waals surface area contributed by atoms with E-state index in [0.717, 1.165) is 6.26 Å². The number of allylic oxidation sites excluding steroid dienone is 1. The molecule has 0 atom stereocenters. The third kappa shape index (κ3) is 6.94. The molecule has 1 amide bonds. The summed E-state index contributed by atoms with van der Waals surface area (Å²) in [5.41, 5.74) is 4.57. The lowest BCUT2D eigenvalue weighted by Crippen LogP contribution is -2.08. The summed E-state index contributed by atoms with van der Waals surface area (Å²) in [6.45, 7) is -0.460. The van der Waals surface area contributed by atoms with E-state index >= 15 is 0 Å². The number of hydrogen-bond acceptors (Lipinski definition) is 2. The summed E-state index contributed by atoms with van der Waals surface area (Å²) in [6, 6.07) is 0.